The average Bonchev–Trinajstić information content (AvgIpc) is 2.28. The van der Waals surface area contributed by atoms with Gasteiger partial charge in [0.1, 0.15) is 9.84 Å². The molecule has 0 saturated heterocycles. The summed E-state index contributed by atoms with van der Waals surface area (Å²) in [6.07, 6.45) is 3.85. The number of amides is 1. The zero-order chi connectivity index (χ0) is 13.8. The lowest BCUT2D eigenvalue weighted by Gasteiger charge is -2.27. The Morgan fingerprint density at radius 1 is 1.39 bits per heavy atom. The highest BCUT2D eigenvalue weighted by atomic mass is 32.2. The van der Waals surface area contributed by atoms with Crippen LogP contribution in [0, 0.1) is 0 Å². The summed E-state index contributed by atoms with van der Waals surface area (Å²) in [5, 5.41) is 12.1. The van der Waals surface area contributed by atoms with E-state index in [1.807, 2.05) is 0 Å². The zero-order valence-electron chi connectivity index (χ0n) is 10.6. The Bertz CT molecular complexity index is 375. The summed E-state index contributed by atoms with van der Waals surface area (Å²) < 4.78 is 21.9. The van der Waals surface area contributed by atoms with Gasteiger partial charge in [-0.1, -0.05) is 0 Å². The van der Waals surface area contributed by atoms with Crippen molar-refractivity contribution in [2.45, 2.75) is 50.3 Å². The van der Waals surface area contributed by atoms with Crippen LogP contribution in [0.2, 0.25) is 0 Å². The molecule has 0 aromatic heterocycles. The highest BCUT2D eigenvalue weighted by Gasteiger charge is 2.23. The van der Waals surface area contributed by atoms with Crippen LogP contribution in [0.15, 0.2) is 0 Å². The van der Waals surface area contributed by atoms with E-state index < -0.39 is 15.9 Å². The van der Waals surface area contributed by atoms with Crippen molar-refractivity contribution in [2.75, 3.05) is 12.0 Å². The van der Waals surface area contributed by atoms with E-state index in [-0.39, 0.29) is 30.2 Å². The van der Waals surface area contributed by atoms with E-state index in [1.54, 1.807) is 0 Å². The van der Waals surface area contributed by atoms with Gasteiger partial charge in [0, 0.05) is 12.3 Å². The number of aliphatic hydroxyl groups is 1. The fourth-order valence-corrected chi connectivity index (χ4v) is 2.68. The first kappa shape index (κ1) is 15.4. The molecule has 1 rings (SSSR count). The van der Waals surface area contributed by atoms with E-state index in [2.05, 4.69) is 5.32 Å². The van der Waals surface area contributed by atoms with E-state index >= 15 is 0 Å². The number of hydrogen-bond donors (Lipinski definition) is 3. The summed E-state index contributed by atoms with van der Waals surface area (Å²) in [6, 6.07) is -0.739. The molecule has 0 radical (unpaired) electrons. The maximum Gasteiger partial charge on any atom is 0.237 e. The van der Waals surface area contributed by atoms with Crippen LogP contribution >= 0.6 is 0 Å². The van der Waals surface area contributed by atoms with E-state index in [0.29, 0.717) is 12.8 Å². The largest absolute Gasteiger partial charge is 0.393 e. The predicted octanol–water partition coefficient (Wildman–Crippen LogP) is -0.832. The highest BCUT2D eigenvalue weighted by molar-refractivity contribution is 7.90. The van der Waals surface area contributed by atoms with Gasteiger partial charge in [-0.25, -0.2) is 8.42 Å². The molecule has 0 bridgehead atoms. The quantitative estimate of drug-likeness (QED) is 0.608. The third-order valence-corrected chi connectivity index (χ3v) is 4.16. The molecular formula is C11H22N2O4S. The van der Waals surface area contributed by atoms with E-state index in [9.17, 15) is 18.3 Å². The molecule has 106 valence electrons. The third-order valence-electron chi connectivity index (χ3n) is 3.18. The SMILES string of the molecule is CS(=O)(=O)CCC(N)C(=O)NC1CCC(O)CC1. The summed E-state index contributed by atoms with van der Waals surface area (Å²) in [7, 11) is -3.09. The second-order valence-corrected chi connectivity index (χ2v) is 7.30. The van der Waals surface area contributed by atoms with Gasteiger partial charge < -0.3 is 16.2 Å². The van der Waals surface area contributed by atoms with Crippen molar-refractivity contribution in [1.82, 2.24) is 5.32 Å². The van der Waals surface area contributed by atoms with Gasteiger partial charge in [0.25, 0.3) is 0 Å². The Labute approximate surface area is 108 Å². The molecule has 4 N–H and O–H groups in total. The van der Waals surface area contributed by atoms with Crippen LogP contribution < -0.4 is 11.1 Å². The molecule has 0 aromatic rings. The third kappa shape index (κ3) is 5.79. The number of nitrogens with one attached hydrogen (secondary N) is 1. The first-order valence-electron chi connectivity index (χ1n) is 6.19. The first-order valence-corrected chi connectivity index (χ1v) is 8.26. The number of hydrogen-bond acceptors (Lipinski definition) is 5. The molecule has 1 aliphatic carbocycles. The molecule has 1 atom stereocenters. The van der Waals surface area contributed by atoms with Crippen molar-refractivity contribution in [3.8, 4) is 0 Å². The lowest BCUT2D eigenvalue weighted by molar-refractivity contribution is -0.123. The van der Waals surface area contributed by atoms with Gasteiger partial charge in [0.2, 0.25) is 5.91 Å². The Morgan fingerprint density at radius 3 is 2.44 bits per heavy atom. The molecule has 0 aromatic carbocycles. The van der Waals surface area contributed by atoms with Crippen molar-refractivity contribution in [3.05, 3.63) is 0 Å². The van der Waals surface area contributed by atoms with E-state index in [0.717, 1.165) is 19.1 Å². The first-order chi connectivity index (χ1) is 8.28. The van der Waals surface area contributed by atoms with Crippen LogP contribution in [-0.2, 0) is 14.6 Å². The smallest absolute Gasteiger partial charge is 0.237 e. The minimum atomic E-state index is -3.09. The molecule has 0 heterocycles. The van der Waals surface area contributed by atoms with Crippen molar-refractivity contribution in [2.24, 2.45) is 5.73 Å². The van der Waals surface area contributed by atoms with Gasteiger partial charge in [0.15, 0.2) is 0 Å². The van der Waals surface area contributed by atoms with Gasteiger partial charge in [0.05, 0.1) is 17.9 Å². The minimum absolute atomic E-state index is 0.0465. The van der Waals surface area contributed by atoms with Crippen molar-refractivity contribution >= 4 is 15.7 Å². The maximum atomic E-state index is 11.7. The number of aliphatic hydroxyl groups excluding tert-OH is 1. The van der Waals surface area contributed by atoms with Gasteiger partial charge in [-0.15, -0.1) is 0 Å². The van der Waals surface area contributed by atoms with Gasteiger partial charge in [-0.3, -0.25) is 4.79 Å². The Kier molecular flexibility index (Phi) is 5.55. The van der Waals surface area contributed by atoms with Crippen LogP contribution in [-0.4, -0.2) is 49.6 Å². The summed E-state index contributed by atoms with van der Waals surface area (Å²) in [6.45, 7) is 0. The number of sulfone groups is 1. The monoisotopic (exact) mass is 278 g/mol. The standard InChI is InChI=1S/C11H22N2O4S/c1-18(16,17)7-6-10(12)11(15)13-8-2-4-9(14)5-3-8/h8-10,14H,2-7,12H2,1H3,(H,13,15). The van der Waals surface area contributed by atoms with Crippen LogP contribution in [0.25, 0.3) is 0 Å². The predicted molar refractivity (Wildman–Crippen MR) is 68.7 cm³/mol. The minimum Gasteiger partial charge on any atom is -0.393 e. The average molecular weight is 278 g/mol. The van der Waals surface area contributed by atoms with Crippen molar-refractivity contribution < 1.29 is 18.3 Å². The molecule has 6 nitrogen and oxygen atoms in total. The van der Waals surface area contributed by atoms with Crippen molar-refractivity contribution in [1.29, 1.82) is 0 Å². The summed E-state index contributed by atoms with van der Waals surface area (Å²) in [5.41, 5.74) is 5.64. The molecular weight excluding hydrogens is 256 g/mol. The normalized spacial score (nSPS) is 26.6. The Morgan fingerprint density at radius 2 is 1.94 bits per heavy atom. The van der Waals surface area contributed by atoms with Crippen LogP contribution in [0.4, 0.5) is 0 Å². The van der Waals surface area contributed by atoms with Crippen LogP contribution in [0.1, 0.15) is 32.1 Å². The number of carbonyl (C=O) groups is 1. The maximum absolute atomic E-state index is 11.7. The lowest BCUT2D eigenvalue weighted by atomic mass is 9.93. The Balaban J connectivity index is 2.31. The molecule has 1 aliphatic rings. The molecule has 0 spiro atoms. The van der Waals surface area contributed by atoms with Crippen molar-refractivity contribution in [3.63, 3.8) is 0 Å². The molecule has 1 amide bonds. The second kappa shape index (κ2) is 6.49. The number of nitrogens with two attached hydrogens (primary N) is 1. The summed E-state index contributed by atoms with van der Waals surface area (Å²) in [5.74, 6) is -0.384. The fraction of sp³-hybridized carbons (Fsp3) is 0.909. The molecule has 0 aliphatic heterocycles. The molecule has 1 fully saturated rings. The topological polar surface area (TPSA) is 109 Å². The zero-order valence-corrected chi connectivity index (χ0v) is 11.4. The lowest BCUT2D eigenvalue weighted by Crippen LogP contribution is -2.47. The molecule has 1 unspecified atom stereocenters. The fourth-order valence-electron chi connectivity index (χ4n) is 2.00. The second-order valence-electron chi connectivity index (χ2n) is 5.04. The summed E-state index contributed by atoms with van der Waals surface area (Å²) >= 11 is 0. The summed E-state index contributed by atoms with van der Waals surface area (Å²) in [4.78, 5) is 11.7. The van der Waals surface area contributed by atoms with Gasteiger partial charge >= 0.3 is 0 Å². The molecule has 18 heavy (non-hydrogen) atoms. The van der Waals surface area contributed by atoms with E-state index in [1.165, 1.54) is 0 Å². The van der Waals surface area contributed by atoms with Gasteiger partial charge in [-0.05, 0) is 32.1 Å². The number of rotatable bonds is 5. The van der Waals surface area contributed by atoms with Crippen LogP contribution in [0.5, 0.6) is 0 Å². The highest BCUT2D eigenvalue weighted by Crippen LogP contribution is 2.18. The number of carbonyl (C=O) groups excluding carboxylic acids is 1. The van der Waals surface area contributed by atoms with Gasteiger partial charge in [-0.2, -0.15) is 0 Å². The molecule has 1 saturated carbocycles. The Hall–Kier alpha value is -0.660. The van der Waals surface area contributed by atoms with E-state index in [4.69, 9.17) is 5.73 Å². The van der Waals surface area contributed by atoms with Crippen LogP contribution in [0.3, 0.4) is 0 Å². The molecule has 7 heteroatoms.